The molecule has 1 spiro atoms. The second kappa shape index (κ2) is 7.81. The summed E-state index contributed by atoms with van der Waals surface area (Å²) in [6, 6.07) is 7.17. The minimum atomic E-state index is -0.920. The number of thiophene rings is 1. The van der Waals surface area contributed by atoms with Gasteiger partial charge < -0.3 is 10.1 Å². The number of H-pyrrole nitrogens is 1. The number of hydrogen-bond acceptors (Lipinski definition) is 9. The highest BCUT2D eigenvalue weighted by atomic mass is 32.1. The fourth-order valence-corrected chi connectivity index (χ4v) is 6.30. The Morgan fingerprint density at radius 2 is 2.12 bits per heavy atom. The van der Waals surface area contributed by atoms with Crippen molar-refractivity contribution >= 4 is 33.1 Å². The SMILES string of the molecule is CCn1nc(C)c2cc(C(=O)[C@H]3C(=O)c4cc(-c5nnn[nH]5)ccc4OC34CCNCC4)sc21. The van der Waals surface area contributed by atoms with E-state index < -0.39 is 11.5 Å². The first kappa shape index (κ1) is 21.1. The lowest BCUT2D eigenvalue weighted by Crippen LogP contribution is -2.58. The molecule has 0 aliphatic carbocycles. The minimum absolute atomic E-state index is 0.187. The van der Waals surface area contributed by atoms with Gasteiger partial charge in [0.2, 0.25) is 0 Å². The number of benzene rings is 1. The van der Waals surface area contributed by atoms with Crippen molar-refractivity contribution in [3.63, 3.8) is 0 Å². The predicted molar refractivity (Wildman–Crippen MR) is 125 cm³/mol. The highest BCUT2D eigenvalue weighted by Gasteiger charge is 2.54. The summed E-state index contributed by atoms with van der Waals surface area (Å²) in [4.78, 5) is 29.5. The van der Waals surface area contributed by atoms with Gasteiger partial charge in [-0.25, -0.2) is 5.10 Å². The van der Waals surface area contributed by atoms with Crippen molar-refractivity contribution in [1.29, 1.82) is 0 Å². The molecular formula is C23H23N7O3S. The van der Waals surface area contributed by atoms with Crippen molar-refractivity contribution in [3.05, 3.63) is 40.4 Å². The Morgan fingerprint density at radius 3 is 2.85 bits per heavy atom. The van der Waals surface area contributed by atoms with Crippen LogP contribution in [0.4, 0.5) is 0 Å². The molecule has 2 N–H and O–H groups in total. The number of rotatable bonds is 4. The molecule has 174 valence electrons. The molecule has 4 aromatic rings. The molecule has 3 aromatic heterocycles. The van der Waals surface area contributed by atoms with E-state index in [1.54, 1.807) is 12.1 Å². The van der Waals surface area contributed by atoms with Gasteiger partial charge in [-0.15, -0.1) is 16.4 Å². The molecule has 1 aromatic carbocycles. The summed E-state index contributed by atoms with van der Waals surface area (Å²) in [5.41, 5.74) is 1.05. The number of tetrazole rings is 1. The topological polar surface area (TPSA) is 128 Å². The van der Waals surface area contributed by atoms with E-state index in [1.807, 2.05) is 30.7 Å². The van der Waals surface area contributed by atoms with Crippen molar-refractivity contribution in [2.75, 3.05) is 13.1 Å². The monoisotopic (exact) mass is 477 g/mol. The molecule has 0 bridgehead atoms. The normalized spacial score (nSPS) is 19.4. The number of hydrogen-bond donors (Lipinski definition) is 2. The van der Waals surface area contributed by atoms with E-state index in [9.17, 15) is 9.59 Å². The smallest absolute Gasteiger partial charge is 0.187 e. The molecule has 1 fully saturated rings. The van der Waals surface area contributed by atoms with E-state index in [2.05, 4.69) is 31.0 Å². The van der Waals surface area contributed by atoms with Crippen LogP contribution in [-0.2, 0) is 6.54 Å². The average molecular weight is 478 g/mol. The third-order valence-electron chi connectivity index (χ3n) is 6.83. The molecular weight excluding hydrogens is 454 g/mol. The quantitative estimate of drug-likeness (QED) is 0.339. The molecule has 0 unspecified atom stereocenters. The number of fused-ring (bicyclic) bond motifs is 2. The fourth-order valence-electron chi connectivity index (χ4n) is 5.10. The number of ketones is 2. The number of carbonyl (C=O) groups is 2. The predicted octanol–water partition coefficient (Wildman–Crippen LogP) is 2.80. The van der Waals surface area contributed by atoms with Gasteiger partial charge in [-0.3, -0.25) is 14.3 Å². The lowest BCUT2D eigenvalue weighted by molar-refractivity contribution is -0.0136. The molecule has 6 rings (SSSR count). The summed E-state index contributed by atoms with van der Waals surface area (Å²) in [7, 11) is 0. The maximum atomic E-state index is 14.0. The van der Waals surface area contributed by atoms with Gasteiger partial charge in [0.1, 0.15) is 22.1 Å². The summed E-state index contributed by atoms with van der Waals surface area (Å²) >= 11 is 1.40. The zero-order valence-electron chi connectivity index (χ0n) is 18.8. The summed E-state index contributed by atoms with van der Waals surface area (Å²) in [6.07, 6.45) is 1.16. The van der Waals surface area contributed by atoms with Crippen LogP contribution in [-0.4, -0.2) is 60.7 Å². The fraction of sp³-hybridized carbons (Fsp3) is 0.391. The van der Waals surface area contributed by atoms with E-state index in [0.717, 1.165) is 15.9 Å². The largest absolute Gasteiger partial charge is 0.485 e. The van der Waals surface area contributed by atoms with E-state index in [4.69, 9.17) is 4.74 Å². The number of nitrogens with one attached hydrogen (secondary N) is 2. The molecule has 1 saturated heterocycles. The Balaban J connectivity index is 1.46. The molecule has 10 nitrogen and oxygen atoms in total. The Bertz CT molecular complexity index is 1420. The van der Waals surface area contributed by atoms with Crippen molar-refractivity contribution in [2.24, 2.45) is 5.92 Å². The Labute approximate surface area is 198 Å². The molecule has 0 saturated carbocycles. The van der Waals surface area contributed by atoms with E-state index in [1.165, 1.54) is 11.3 Å². The average Bonchev–Trinajstić information content (AvgIpc) is 3.58. The number of ether oxygens (including phenoxy) is 1. The molecule has 11 heteroatoms. The van der Waals surface area contributed by atoms with Crippen LogP contribution in [0.25, 0.3) is 21.6 Å². The standard InChI is InChI=1S/C23H23N7O3S/c1-3-30-22-14(12(2)27-30)11-17(34-22)20(32)18-19(31)15-10-13(21-25-28-29-26-21)4-5-16(15)33-23(18)6-8-24-9-7-23/h4-5,10-11,18,24H,3,6-9H2,1-2H3,(H,25,26,28,29)/t18-/m1/s1. The Hall–Kier alpha value is -3.44. The van der Waals surface area contributed by atoms with Gasteiger partial charge in [0, 0.05) is 30.3 Å². The molecule has 2 aliphatic rings. The van der Waals surface area contributed by atoms with Crippen LogP contribution in [0.2, 0.25) is 0 Å². The first-order valence-corrected chi connectivity index (χ1v) is 12.2. The number of nitrogens with zero attached hydrogens (tertiary/aromatic N) is 5. The van der Waals surface area contributed by atoms with E-state index in [-0.39, 0.29) is 11.6 Å². The molecule has 34 heavy (non-hydrogen) atoms. The zero-order valence-corrected chi connectivity index (χ0v) is 19.6. The van der Waals surface area contributed by atoms with Crippen LogP contribution in [0.3, 0.4) is 0 Å². The van der Waals surface area contributed by atoms with Gasteiger partial charge in [0.25, 0.3) is 0 Å². The van der Waals surface area contributed by atoms with E-state index in [0.29, 0.717) is 60.1 Å². The van der Waals surface area contributed by atoms with Crippen LogP contribution in [0.5, 0.6) is 5.75 Å². The van der Waals surface area contributed by atoms with Gasteiger partial charge in [0.05, 0.1) is 16.1 Å². The van der Waals surface area contributed by atoms with Crippen LogP contribution < -0.4 is 10.1 Å². The molecule has 0 radical (unpaired) electrons. The van der Waals surface area contributed by atoms with Crippen LogP contribution >= 0.6 is 11.3 Å². The number of carbonyl (C=O) groups excluding carboxylic acids is 2. The molecule has 0 amide bonds. The highest BCUT2D eigenvalue weighted by molar-refractivity contribution is 7.20. The van der Waals surface area contributed by atoms with E-state index >= 15 is 0 Å². The van der Waals surface area contributed by atoms with Gasteiger partial charge in [-0.2, -0.15) is 5.10 Å². The second-order valence-electron chi connectivity index (χ2n) is 8.77. The number of Topliss-reactive ketones (excluding diaryl/α,β-unsaturated/α-hetero) is 2. The third-order valence-corrected chi connectivity index (χ3v) is 7.99. The number of aryl methyl sites for hydroxylation is 2. The van der Waals surface area contributed by atoms with Crippen LogP contribution in [0.1, 0.15) is 45.5 Å². The van der Waals surface area contributed by atoms with Crippen LogP contribution in [0.15, 0.2) is 24.3 Å². The third kappa shape index (κ3) is 3.11. The number of piperidine rings is 1. The summed E-state index contributed by atoms with van der Waals surface area (Å²) in [5, 5.41) is 22.7. The summed E-state index contributed by atoms with van der Waals surface area (Å²) in [5.74, 6) is -0.372. The highest BCUT2D eigenvalue weighted by Crippen LogP contribution is 2.45. The van der Waals surface area contributed by atoms with Gasteiger partial charge in [-0.1, -0.05) is 0 Å². The maximum absolute atomic E-state index is 14.0. The Morgan fingerprint density at radius 1 is 1.29 bits per heavy atom. The molecule has 1 atom stereocenters. The first-order chi connectivity index (χ1) is 16.5. The van der Waals surface area contributed by atoms with Crippen molar-refractivity contribution in [3.8, 4) is 17.1 Å². The number of aromatic nitrogens is 6. The van der Waals surface area contributed by atoms with Crippen LogP contribution in [0, 0.1) is 12.8 Å². The lowest BCUT2D eigenvalue weighted by Gasteiger charge is -2.45. The maximum Gasteiger partial charge on any atom is 0.187 e. The summed E-state index contributed by atoms with van der Waals surface area (Å²) < 4.78 is 8.43. The van der Waals surface area contributed by atoms with Gasteiger partial charge >= 0.3 is 0 Å². The Kier molecular flexibility index (Phi) is 4.85. The van der Waals surface area contributed by atoms with Crippen molar-refractivity contribution in [2.45, 2.75) is 38.8 Å². The molecule has 2 aliphatic heterocycles. The van der Waals surface area contributed by atoms with Gasteiger partial charge in [0.15, 0.2) is 17.4 Å². The zero-order chi connectivity index (χ0) is 23.4. The lowest BCUT2D eigenvalue weighted by atomic mass is 9.71. The second-order valence-corrected chi connectivity index (χ2v) is 9.80. The van der Waals surface area contributed by atoms with Crippen molar-refractivity contribution in [1.82, 2.24) is 35.7 Å². The first-order valence-electron chi connectivity index (χ1n) is 11.3. The number of aromatic amines is 1. The summed E-state index contributed by atoms with van der Waals surface area (Å²) in [6.45, 7) is 6.05. The molecule has 5 heterocycles. The van der Waals surface area contributed by atoms with Gasteiger partial charge in [-0.05, 0) is 61.6 Å². The van der Waals surface area contributed by atoms with Crippen molar-refractivity contribution < 1.29 is 14.3 Å². The minimum Gasteiger partial charge on any atom is -0.485 e.